The molecule has 0 bridgehead atoms. The fourth-order valence-corrected chi connectivity index (χ4v) is 4.08. The molecule has 2 fully saturated rings. The first-order valence-corrected chi connectivity index (χ1v) is 7.56. The summed E-state index contributed by atoms with van der Waals surface area (Å²) >= 11 is 0. The van der Waals surface area contributed by atoms with Gasteiger partial charge in [0.05, 0.1) is 0 Å². The molecule has 0 aromatic carbocycles. The van der Waals surface area contributed by atoms with Crippen LogP contribution in [-0.4, -0.2) is 35.9 Å². The predicted octanol–water partition coefficient (Wildman–Crippen LogP) is 1.82. The zero-order valence-corrected chi connectivity index (χ0v) is 12.1. The molecule has 1 aliphatic carbocycles. The number of nitrogens with one attached hydrogen (secondary N) is 1. The molecule has 1 saturated heterocycles. The van der Waals surface area contributed by atoms with E-state index in [4.69, 9.17) is 0 Å². The van der Waals surface area contributed by atoms with E-state index in [1.165, 1.54) is 18.4 Å². The molecule has 1 amide bonds. The van der Waals surface area contributed by atoms with Crippen molar-refractivity contribution in [2.24, 2.45) is 11.3 Å². The van der Waals surface area contributed by atoms with Crippen molar-refractivity contribution < 1.29 is 4.79 Å². The summed E-state index contributed by atoms with van der Waals surface area (Å²) in [6, 6.07) is 4.12. The Hall–Kier alpha value is -1.42. The lowest BCUT2D eigenvalue weighted by atomic mass is 9.76. The quantitative estimate of drug-likeness (QED) is 0.913. The molecule has 2 aliphatic rings. The number of nitrogens with zero attached hydrogens (tertiary/aromatic N) is 2. The van der Waals surface area contributed by atoms with Crippen molar-refractivity contribution in [2.75, 3.05) is 20.1 Å². The average molecular weight is 273 g/mol. The molecule has 1 aromatic heterocycles. The van der Waals surface area contributed by atoms with Crippen LogP contribution in [0, 0.1) is 11.3 Å². The van der Waals surface area contributed by atoms with Gasteiger partial charge in [-0.05, 0) is 42.9 Å². The average Bonchev–Trinajstić information content (AvgIpc) is 3.07. The second-order valence-electron chi connectivity index (χ2n) is 6.24. The van der Waals surface area contributed by atoms with Gasteiger partial charge in [0.15, 0.2) is 0 Å². The second-order valence-corrected chi connectivity index (χ2v) is 6.24. The van der Waals surface area contributed by atoms with Gasteiger partial charge in [-0.25, -0.2) is 0 Å². The molecule has 1 N–H and O–H groups in total. The highest BCUT2D eigenvalue weighted by Gasteiger charge is 2.49. The van der Waals surface area contributed by atoms with Crippen LogP contribution in [0.5, 0.6) is 0 Å². The lowest BCUT2D eigenvalue weighted by Gasteiger charge is -2.30. The summed E-state index contributed by atoms with van der Waals surface area (Å²) in [5, 5.41) is 2.86. The van der Waals surface area contributed by atoms with Crippen molar-refractivity contribution >= 4 is 5.91 Å². The molecular formula is C16H23N3O. The lowest BCUT2D eigenvalue weighted by molar-refractivity contribution is -0.127. The standard InChI is InChI=1S/C16H23N3O/c1-17-15(20)14-5-2-6-16(14)7-9-19(12-16)11-13-4-3-8-18-10-13/h3-4,8,10,14H,2,5-7,9,11-12H2,1H3,(H,17,20). The molecule has 4 nitrogen and oxygen atoms in total. The van der Waals surface area contributed by atoms with E-state index < -0.39 is 0 Å². The monoisotopic (exact) mass is 273 g/mol. The molecule has 108 valence electrons. The molecule has 2 unspecified atom stereocenters. The molecular weight excluding hydrogens is 250 g/mol. The molecule has 2 atom stereocenters. The molecule has 1 aliphatic heterocycles. The van der Waals surface area contributed by atoms with Gasteiger partial charge in [-0.1, -0.05) is 12.5 Å². The normalized spacial score (nSPS) is 29.9. The zero-order valence-electron chi connectivity index (χ0n) is 12.1. The minimum Gasteiger partial charge on any atom is -0.359 e. The van der Waals surface area contributed by atoms with Crippen molar-refractivity contribution in [3.8, 4) is 0 Å². The van der Waals surface area contributed by atoms with Crippen LogP contribution in [-0.2, 0) is 11.3 Å². The smallest absolute Gasteiger partial charge is 0.223 e. The highest BCUT2D eigenvalue weighted by molar-refractivity contribution is 5.79. The Balaban J connectivity index is 1.68. The summed E-state index contributed by atoms with van der Waals surface area (Å²) in [7, 11) is 1.76. The van der Waals surface area contributed by atoms with Crippen molar-refractivity contribution in [1.82, 2.24) is 15.2 Å². The lowest BCUT2D eigenvalue weighted by Crippen LogP contribution is -2.39. The van der Waals surface area contributed by atoms with Crippen LogP contribution < -0.4 is 5.32 Å². The Labute approximate surface area is 120 Å². The van der Waals surface area contributed by atoms with Gasteiger partial charge < -0.3 is 5.32 Å². The van der Waals surface area contributed by atoms with Gasteiger partial charge in [-0.2, -0.15) is 0 Å². The zero-order chi connectivity index (χ0) is 14.0. The van der Waals surface area contributed by atoms with Crippen molar-refractivity contribution in [2.45, 2.75) is 32.2 Å². The maximum absolute atomic E-state index is 12.1. The van der Waals surface area contributed by atoms with Gasteiger partial charge in [0.25, 0.3) is 0 Å². The van der Waals surface area contributed by atoms with Gasteiger partial charge >= 0.3 is 0 Å². The summed E-state index contributed by atoms with van der Waals surface area (Å²) in [5.41, 5.74) is 1.49. The third-order valence-electron chi connectivity index (χ3n) is 5.06. The van der Waals surface area contributed by atoms with E-state index in [9.17, 15) is 4.79 Å². The third-order valence-corrected chi connectivity index (χ3v) is 5.06. The van der Waals surface area contributed by atoms with Gasteiger partial charge in [0.2, 0.25) is 5.91 Å². The Morgan fingerprint density at radius 3 is 3.20 bits per heavy atom. The first kappa shape index (κ1) is 13.6. The topological polar surface area (TPSA) is 45.2 Å². The second kappa shape index (κ2) is 5.52. The van der Waals surface area contributed by atoms with E-state index in [1.54, 1.807) is 7.05 Å². The van der Waals surface area contributed by atoms with E-state index >= 15 is 0 Å². The molecule has 1 spiro atoms. The summed E-state index contributed by atoms with van der Waals surface area (Å²) in [6.45, 7) is 3.11. The Kier molecular flexibility index (Phi) is 3.74. The van der Waals surface area contributed by atoms with Crippen LogP contribution in [0.3, 0.4) is 0 Å². The SMILES string of the molecule is CNC(=O)C1CCCC12CCN(Cc1cccnc1)C2. The van der Waals surface area contributed by atoms with E-state index in [2.05, 4.69) is 21.3 Å². The van der Waals surface area contributed by atoms with Crippen molar-refractivity contribution in [3.63, 3.8) is 0 Å². The first-order chi connectivity index (χ1) is 9.73. The number of hydrogen-bond donors (Lipinski definition) is 1. The molecule has 2 heterocycles. The molecule has 4 heteroatoms. The number of carbonyl (C=O) groups excluding carboxylic acids is 1. The number of rotatable bonds is 3. The van der Waals surface area contributed by atoms with Crippen LogP contribution in [0.15, 0.2) is 24.5 Å². The molecule has 20 heavy (non-hydrogen) atoms. The summed E-state index contributed by atoms with van der Waals surface area (Å²) < 4.78 is 0. The van der Waals surface area contributed by atoms with Crippen LogP contribution in [0.2, 0.25) is 0 Å². The van der Waals surface area contributed by atoms with Gasteiger partial charge in [0.1, 0.15) is 0 Å². The number of carbonyl (C=O) groups is 1. The Bertz CT molecular complexity index is 476. The Morgan fingerprint density at radius 2 is 2.45 bits per heavy atom. The summed E-state index contributed by atoms with van der Waals surface area (Å²) in [5.74, 6) is 0.456. The molecule has 1 saturated carbocycles. The predicted molar refractivity (Wildman–Crippen MR) is 78.0 cm³/mol. The third kappa shape index (κ3) is 2.44. The maximum Gasteiger partial charge on any atom is 0.223 e. The van der Waals surface area contributed by atoms with Crippen LogP contribution >= 0.6 is 0 Å². The van der Waals surface area contributed by atoms with Crippen LogP contribution in [0.1, 0.15) is 31.2 Å². The van der Waals surface area contributed by atoms with E-state index in [0.717, 1.165) is 32.5 Å². The summed E-state index contributed by atoms with van der Waals surface area (Å²) in [4.78, 5) is 18.8. The van der Waals surface area contributed by atoms with Gasteiger partial charge in [-0.15, -0.1) is 0 Å². The molecule has 0 radical (unpaired) electrons. The van der Waals surface area contributed by atoms with E-state index in [-0.39, 0.29) is 17.2 Å². The number of likely N-dealkylation sites (tertiary alicyclic amines) is 1. The van der Waals surface area contributed by atoms with Crippen LogP contribution in [0.4, 0.5) is 0 Å². The molecule has 3 rings (SSSR count). The number of aromatic nitrogens is 1. The number of pyridine rings is 1. The summed E-state index contributed by atoms with van der Waals surface area (Å²) in [6.07, 6.45) is 8.36. The highest BCUT2D eigenvalue weighted by Crippen LogP contribution is 2.49. The molecule has 1 aromatic rings. The van der Waals surface area contributed by atoms with Gasteiger partial charge in [0, 0.05) is 38.4 Å². The fraction of sp³-hybridized carbons (Fsp3) is 0.625. The van der Waals surface area contributed by atoms with E-state index in [1.807, 2.05) is 18.5 Å². The maximum atomic E-state index is 12.1. The fourth-order valence-electron chi connectivity index (χ4n) is 4.08. The minimum absolute atomic E-state index is 0.214. The van der Waals surface area contributed by atoms with E-state index in [0.29, 0.717) is 0 Å². The van der Waals surface area contributed by atoms with Crippen LogP contribution in [0.25, 0.3) is 0 Å². The number of amides is 1. The van der Waals surface area contributed by atoms with Gasteiger partial charge in [-0.3, -0.25) is 14.7 Å². The highest BCUT2D eigenvalue weighted by atomic mass is 16.1. The Morgan fingerprint density at radius 1 is 1.55 bits per heavy atom. The minimum atomic E-state index is 0.214. The van der Waals surface area contributed by atoms with Crippen molar-refractivity contribution in [3.05, 3.63) is 30.1 Å². The number of hydrogen-bond acceptors (Lipinski definition) is 3. The first-order valence-electron chi connectivity index (χ1n) is 7.56. The van der Waals surface area contributed by atoms with Crippen molar-refractivity contribution in [1.29, 1.82) is 0 Å². The largest absolute Gasteiger partial charge is 0.359 e.